The number of rotatable bonds is 7. The van der Waals surface area contributed by atoms with Crippen LogP contribution in [-0.4, -0.2) is 47.5 Å². The summed E-state index contributed by atoms with van der Waals surface area (Å²) in [4.78, 5) is 2.24. The van der Waals surface area contributed by atoms with Crippen LogP contribution < -0.4 is 4.74 Å². The Kier molecular flexibility index (Phi) is 5.48. The number of aromatic nitrogens is 1. The molecular formula is C18H23FN2O3. The number of likely N-dealkylation sites (tertiary alicyclic amines) is 1. The molecule has 0 unspecified atom stereocenters. The molecule has 130 valence electrons. The third-order valence-electron chi connectivity index (χ3n) is 4.32. The van der Waals surface area contributed by atoms with Gasteiger partial charge in [-0.2, -0.15) is 0 Å². The number of aliphatic hydroxyl groups is 1. The fourth-order valence-electron chi connectivity index (χ4n) is 3.10. The van der Waals surface area contributed by atoms with Gasteiger partial charge in [-0.1, -0.05) is 5.16 Å². The van der Waals surface area contributed by atoms with Crippen LogP contribution in [0.2, 0.25) is 0 Å². The lowest BCUT2D eigenvalue weighted by Gasteiger charge is -2.15. The number of aliphatic hydroxyl groups excluding tert-OH is 1. The fourth-order valence-corrected chi connectivity index (χ4v) is 3.10. The fraction of sp³-hybridized carbons (Fsp3) is 0.500. The zero-order chi connectivity index (χ0) is 16.9. The molecule has 1 fully saturated rings. The lowest BCUT2D eigenvalue weighted by molar-refractivity contribution is 0.137. The minimum atomic E-state index is -0.339. The minimum Gasteiger partial charge on any atom is -0.494 e. The molecule has 1 N–H and O–H groups in total. The van der Waals surface area contributed by atoms with Crippen molar-refractivity contribution < 1.29 is 18.8 Å². The van der Waals surface area contributed by atoms with Gasteiger partial charge in [0.1, 0.15) is 17.3 Å². The van der Waals surface area contributed by atoms with E-state index in [0.717, 1.165) is 31.0 Å². The Bertz CT molecular complexity index is 644. The predicted molar refractivity (Wildman–Crippen MR) is 87.4 cm³/mol. The van der Waals surface area contributed by atoms with Gasteiger partial charge in [0, 0.05) is 38.0 Å². The Morgan fingerprint density at radius 2 is 2.12 bits per heavy atom. The Hall–Kier alpha value is -1.92. The van der Waals surface area contributed by atoms with Gasteiger partial charge in [-0.3, -0.25) is 0 Å². The molecule has 1 aromatic heterocycles. The first-order valence-corrected chi connectivity index (χ1v) is 8.31. The van der Waals surface area contributed by atoms with Crippen molar-refractivity contribution in [3.05, 3.63) is 47.6 Å². The quantitative estimate of drug-likeness (QED) is 0.788. The molecule has 0 aliphatic carbocycles. The summed E-state index contributed by atoms with van der Waals surface area (Å²) in [7, 11) is 0. The van der Waals surface area contributed by atoms with Crippen molar-refractivity contribution in [1.82, 2.24) is 10.1 Å². The monoisotopic (exact) mass is 334 g/mol. The van der Waals surface area contributed by atoms with Gasteiger partial charge < -0.3 is 19.3 Å². The second-order valence-corrected chi connectivity index (χ2v) is 6.38. The Labute approximate surface area is 141 Å². The van der Waals surface area contributed by atoms with Crippen molar-refractivity contribution in [2.45, 2.75) is 25.9 Å². The Morgan fingerprint density at radius 1 is 1.33 bits per heavy atom. The third-order valence-corrected chi connectivity index (χ3v) is 4.32. The second kappa shape index (κ2) is 7.77. The molecule has 1 aliphatic heterocycles. The van der Waals surface area contributed by atoms with E-state index in [1.165, 1.54) is 12.1 Å². The molecule has 0 amide bonds. The number of benzene rings is 1. The SMILES string of the molecule is Cc1cc(C[C@@H]2CN(CCCOc3ccc(F)cc3)C[C@H]2O)on1. The lowest BCUT2D eigenvalue weighted by Crippen LogP contribution is -2.24. The third kappa shape index (κ3) is 4.55. The van der Waals surface area contributed by atoms with E-state index >= 15 is 0 Å². The molecular weight excluding hydrogens is 311 g/mol. The van der Waals surface area contributed by atoms with Crippen LogP contribution in [0.4, 0.5) is 4.39 Å². The van der Waals surface area contributed by atoms with E-state index < -0.39 is 0 Å². The zero-order valence-electron chi connectivity index (χ0n) is 13.8. The van der Waals surface area contributed by atoms with Crippen molar-refractivity contribution in [2.24, 2.45) is 5.92 Å². The summed E-state index contributed by atoms with van der Waals surface area (Å²) in [5.74, 6) is 1.42. The number of ether oxygens (including phenoxy) is 1. The highest BCUT2D eigenvalue weighted by atomic mass is 19.1. The topological polar surface area (TPSA) is 58.7 Å². The van der Waals surface area contributed by atoms with Gasteiger partial charge in [-0.05, 0) is 37.6 Å². The van der Waals surface area contributed by atoms with Gasteiger partial charge in [0.05, 0.1) is 18.4 Å². The largest absolute Gasteiger partial charge is 0.494 e. The Morgan fingerprint density at radius 3 is 2.83 bits per heavy atom. The summed E-state index contributed by atoms with van der Waals surface area (Å²) in [5.41, 5.74) is 0.868. The van der Waals surface area contributed by atoms with Crippen LogP contribution in [0.1, 0.15) is 17.9 Å². The molecule has 2 heterocycles. The molecule has 1 aliphatic rings. The van der Waals surface area contributed by atoms with Crippen LogP contribution >= 0.6 is 0 Å². The van der Waals surface area contributed by atoms with Gasteiger partial charge in [0.15, 0.2) is 0 Å². The van der Waals surface area contributed by atoms with Crippen molar-refractivity contribution in [2.75, 3.05) is 26.2 Å². The first kappa shape index (κ1) is 16.9. The van der Waals surface area contributed by atoms with E-state index in [4.69, 9.17) is 9.26 Å². The summed E-state index contributed by atoms with van der Waals surface area (Å²) in [6, 6.07) is 7.96. The van der Waals surface area contributed by atoms with Gasteiger partial charge in [-0.25, -0.2) is 4.39 Å². The summed E-state index contributed by atoms with van der Waals surface area (Å²) in [5, 5.41) is 14.1. The van der Waals surface area contributed by atoms with E-state index in [9.17, 15) is 9.50 Å². The molecule has 1 aromatic carbocycles. The van der Waals surface area contributed by atoms with Crippen LogP contribution in [0.5, 0.6) is 5.75 Å². The predicted octanol–water partition coefficient (Wildman–Crippen LogP) is 2.43. The van der Waals surface area contributed by atoms with E-state index in [-0.39, 0.29) is 17.8 Å². The average molecular weight is 334 g/mol. The highest BCUT2D eigenvalue weighted by Gasteiger charge is 2.31. The molecule has 2 aromatic rings. The number of β-amino-alcohol motifs (C(OH)–C–C–N with tert-alkyl or cyclic N) is 1. The maximum atomic E-state index is 12.8. The maximum absolute atomic E-state index is 12.8. The second-order valence-electron chi connectivity index (χ2n) is 6.38. The van der Waals surface area contributed by atoms with Crippen LogP contribution in [-0.2, 0) is 6.42 Å². The molecule has 0 spiro atoms. The molecule has 24 heavy (non-hydrogen) atoms. The molecule has 0 saturated carbocycles. The number of nitrogens with zero attached hydrogens (tertiary/aromatic N) is 2. The molecule has 1 saturated heterocycles. The smallest absolute Gasteiger partial charge is 0.137 e. The van der Waals surface area contributed by atoms with Crippen LogP contribution in [0.3, 0.4) is 0 Å². The first-order chi connectivity index (χ1) is 11.6. The van der Waals surface area contributed by atoms with Crippen LogP contribution in [0.15, 0.2) is 34.9 Å². The normalized spacial score (nSPS) is 21.3. The molecule has 0 radical (unpaired) electrons. The first-order valence-electron chi connectivity index (χ1n) is 8.31. The highest BCUT2D eigenvalue weighted by molar-refractivity contribution is 5.21. The molecule has 2 atom stereocenters. The molecule has 0 bridgehead atoms. The van der Waals surface area contributed by atoms with E-state index in [0.29, 0.717) is 25.3 Å². The summed E-state index contributed by atoms with van der Waals surface area (Å²) in [6.07, 6.45) is 1.23. The minimum absolute atomic E-state index is 0.176. The average Bonchev–Trinajstić information content (AvgIpc) is 3.12. The summed E-state index contributed by atoms with van der Waals surface area (Å²) < 4.78 is 23.6. The number of halogens is 1. The Balaban J connectivity index is 1.38. The summed E-state index contributed by atoms with van der Waals surface area (Å²) in [6.45, 7) is 4.85. The van der Waals surface area contributed by atoms with Crippen molar-refractivity contribution in [1.29, 1.82) is 0 Å². The van der Waals surface area contributed by atoms with Gasteiger partial charge in [0.25, 0.3) is 0 Å². The lowest BCUT2D eigenvalue weighted by atomic mass is 10.0. The van der Waals surface area contributed by atoms with E-state index in [1.54, 1.807) is 12.1 Å². The van der Waals surface area contributed by atoms with Crippen molar-refractivity contribution in [3.63, 3.8) is 0 Å². The molecule has 5 nitrogen and oxygen atoms in total. The van der Waals surface area contributed by atoms with Crippen molar-refractivity contribution >= 4 is 0 Å². The number of hydrogen-bond donors (Lipinski definition) is 1. The van der Waals surface area contributed by atoms with Gasteiger partial charge in [-0.15, -0.1) is 0 Å². The standard InChI is InChI=1S/C18H23FN2O3/c1-13-9-17(24-20-13)10-14-11-21(12-18(14)22)7-2-8-23-16-5-3-15(19)4-6-16/h3-6,9,14,18,22H,2,7-8,10-12H2,1H3/t14-,18-/m1/s1. The van der Waals surface area contributed by atoms with E-state index in [2.05, 4.69) is 10.1 Å². The highest BCUT2D eigenvalue weighted by Crippen LogP contribution is 2.22. The van der Waals surface area contributed by atoms with E-state index in [1.807, 2.05) is 13.0 Å². The maximum Gasteiger partial charge on any atom is 0.137 e. The van der Waals surface area contributed by atoms with Crippen LogP contribution in [0.25, 0.3) is 0 Å². The van der Waals surface area contributed by atoms with Crippen LogP contribution in [0, 0.1) is 18.7 Å². The zero-order valence-corrected chi connectivity index (χ0v) is 13.8. The molecule has 6 heteroatoms. The number of aryl methyl sites for hydroxylation is 1. The summed E-state index contributed by atoms with van der Waals surface area (Å²) >= 11 is 0. The number of hydrogen-bond acceptors (Lipinski definition) is 5. The molecule has 3 rings (SSSR count). The van der Waals surface area contributed by atoms with Gasteiger partial charge >= 0.3 is 0 Å². The van der Waals surface area contributed by atoms with Gasteiger partial charge in [0.2, 0.25) is 0 Å². The van der Waals surface area contributed by atoms with Crippen molar-refractivity contribution in [3.8, 4) is 5.75 Å².